The van der Waals surface area contributed by atoms with Crippen molar-refractivity contribution in [3.05, 3.63) is 47.7 Å². The van der Waals surface area contributed by atoms with Gasteiger partial charge in [-0.05, 0) is 18.6 Å². The van der Waals surface area contributed by atoms with E-state index in [1.807, 2.05) is 32.0 Å². The summed E-state index contributed by atoms with van der Waals surface area (Å²) in [6.07, 6.45) is 2.22. The summed E-state index contributed by atoms with van der Waals surface area (Å²) in [7, 11) is 0. The predicted octanol–water partition coefficient (Wildman–Crippen LogP) is 2.66. The lowest BCUT2D eigenvalue weighted by atomic mass is 10.2. The van der Waals surface area contributed by atoms with Crippen molar-refractivity contribution in [3.8, 4) is 0 Å². The van der Waals surface area contributed by atoms with E-state index < -0.39 is 0 Å². The number of nitrogens with one attached hydrogen (secondary N) is 1. The van der Waals surface area contributed by atoms with Crippen molar-refractivity contribution in [2.45, 2.75) is 26.8 Å². The van der Waals surface area contributed by atoms with Crippen molar-refractivity contribution in [1.82, 2.24) is 5.32 Å². The van der Waals surface area contributed by atoms with Gasteiger partial charge in [-0.15, -0.1) is 0 Å². The normalized spacial score (nSPS) is 11.2. The van der Waals surface area contributed by atoms with Gasteiger partial charge < -0.3 is 5.32 Å². The number of carbonyl (C=O) groups is 1. The maximum atomic E-state index is 11.1. The van der Waals surface area contributed by atoms with Crippen LogP contribution in [0.3, 0.4) is 0 Å². The second kappa shape index (κ2) is 6.02. The molecular formula is C13H17NO. The van der Waals surface area contributed by atoms with E-state index in [0.29, 0.717) is 6.42 Å². The molecule has 0 aromatic heterocycles. The summed E-state index contributed by atoms with van der Waals surface area (Å²) >= 11 is 0. The van der Waals surface area contributed by atoms with E-state index >= 15 is 0 Å². The van der Waals surface area contributed by atoms with Gasteiger partial charge in [-0.25, -0.2) is 0 Å². The van der Waals surface area contributed by atoms with Gasteiger partial charge in [0.25, 0.3) is 0 Å². The Labute approximate surface area is 91.0 Å². The van der Waals surface area contributed by atoms with Crippen molar-refractivity contribution >= 4 is 5.78 Å². The van der Waals surface area contributed by atoms with E-state index in [4.69, 9.17) is 0 Å². The van der Waals surface area contributed by atoms with Gasteiger partial charge in [0.2, 0.25) is 0 Å². The third-order valence-corrected chi connectivity index (χ3v) is 2.14. The summed E-state index contributed by atoms with van der Waals surface area (Å²) in [6.45, 7) is 4.54. The molecule has 0 aliphatic carbocycles. The largest absolute Gasteiger partial charge is 0.384 e. The molecule has 0 fully saturated rings. The topological polar surface area (TPSA) is 29.1 Å². The summed E-state index contributed by atoms with van der Waals surface area (Å²) in [5, 5.41) is 3.20. The first-order valence-corrected chi connectivity index (χ1v) is 5.21. The number of hydrogen-bond donors (Lipinski definition) is 1. The van der Waals surface area contributed by atoms with Crippen LogP contribution in [0.5, 0.6) is 0 Å². The number of hydrogen-bond acceptors (Lipinski definition) is 2. The zero-order valence-corrected chi connectivity index (χ0v) is 9.29. The van der Waals surface area contributed by atoms with Gasteiger partial charge in [0.1, 0.15) is 0 Å². The van der Waals surface area contributed by atoms with Gasteiger partial charge in [-0.3, -0.25) is 4.79 Å². The molecule has 0 amide bonds. The smallest absolute Gasteiger partial charge is 0.157 e. The lowest BCUT2D eigenvalue weighted by Gasteiger charge is -2.05. The minimum Gasteiger partial charge on any atom is -0.384 e. The maximum absolute atomic E-state index is 11.1. The molecule has 1 aromatic rings. The third kappa shape index (κ3) is 4.45. The Hall–Kier alpha value is -1.57. The Morgan fingerprint density at radius 1 is 1.33 bits per heavy atom. The molecular weight excluding hydrogens is 186 g/mol. The molecule has 2 nitrogen and oxygen atoms in total. The van der Waals surface area contributed by atoms with Gasteiger partial charge in [0, 0.05) is 18.7 Å². The SMILES string of the molecule is CCC(=O)/C=C(\C)NCc1ccccc1. The monoisotopic (exact) mass is 203 g/mol. The Kier molecular flexibility index (Phi) is 4.61. The lowest BCUT2D eigenvalue weighted by Crippen LogP contribution is -2.11. The fourth-order valence-corrected chi connectivity index (χ4v) is 1.23. The van der Waals surface area contributed by atoms with Crippen LogP contribution in [0.15, 0.2) is 42.1 Å². The van der Waals surface area contributed by atoms with Gasteiger partial charge in [-0.1, -0.05) is 37.3 Å². The minimum atomic E-state index is 0.160. The molecule has 1 aromatic carbocycles. The van der Waals surface area contributed by atoms with E-state index in [9.17, 15) is 4.79 Å². The van der Waals surface area contributed by atoms with Gasteiger partial charge in [0.15, 0.2) is 5.78 Å². The summed E-state index contributed by atoms with van der Waals surface area (Å²) in [4.78, 5) is 11.1. The van der Waals surface area contributed by atoms with E-state index in [-0.39, 0.29) is 5.78 Å². The molecule has 0 saturated carbocycles. The van der Waals surface area contributed by atoms with Crippen molar-refractivity contribution in [3.63, 3.8) is 0 Å². The van der Waals surface area contributed by atoms with Crippen molar-refractivity contribution in [2.75, 3.05) is 0 Å². The second-order valence-corrected chi connectivity index (χ2v) is 3.49. The van der Waals surface area contributed by atoms with Crippen LogP contribution in [0.4, 0.5) is 0 Å². The molecule has 0 spiro atoms. The Morgan fingerprint density at radius 2 is 2.00 bits per heavy atom. The van der Waals surface area contributed by atoms with E-state index in [1.54, 1.807) is 6.08 Å². The van der Waals surface area contributed by atoms with Crippen LogP contribution < -0.4 is 5.32 Å². The summed E-state index contributed by atoms with van der Waals surface area (Å²) in [5.41, 5.74) is 2.14. The number of rotatable bonds is 5. The highest BCUT2D eigenvalue weighted by Gasteiger charge is 1.95. The summed E-state index contributed by atoms with van der Waals surface area (Å²) < 4.78 is 0. The lowest BCUT2D eigenvalue weighted by molar-refractivity contribution is -0.114. The van der Waals surface area contributed by atoms with Crippen molar-refractivity contribution in [2.24, 2.45) is 0 Å². The first kappa shape index (κ1) is 11.5. The summed E-state index contributed by atoms with van der Waals surface area (Å²) in [5.74, 6) is 0.160. The molecule has 0 aliphatic rings. The third-order valence-electron chi connectivity index (χ3n) is 2.14. The standard InChI is InChI=1S/C13H17NO/c1-3-13(15)9-11(2)14-10-12-7-5-4-6-8-12/h4-9,14H,3,10H2,1-2H3/b11-9+. The molecule has 80 valence electrons. The Balaban J connectivity index is 2.44. The van der Waals surface area contributed by atoms with Crippen molar-refractivity contribution in [1.29, 1.82) is 0 Å². The maximum Gasteiger partial charge on any atom is 0.157 e. The number of ketones is 1. The van der Waals surface area contributed by atoms with Crippen LogP contribution in [0, 0.1) is 0 Å². The number of benzene rings is 1. The molecule has 0 heterocycles. The average molecular weight is 203 g/mol. The fourth-order valence-electron chi connectivity index (χ4n) is 1.23. The fraction of sp³-hybridized carbons (Fsp3) is 0.308. The Morgan fingerprint density at radius 3 is 2.60 bits per heavy atom. The van der Waals surface area contributed by atoms with Gasteiger partial charge in [0.05, 0.1) is 0 Å². The Bertz CT molecular complexity index is 341. The number of carbonyl (C=O) groups excluding carboxylic acids is 1. The second-order valence-electron chi connectivity index (χ2n) is 3.49. The quantitative estimate of drug-likeness (QED) is 0.745. The summed E-state index contributed by atoms with van der Waals surface area (Å²) in [6, 6.07) is 10.1. The highest BCUT2D eigenvalue weighted by molar-refractivity contribution is 5.89. The molecule has 0 atom stereocenters. The van der Waals surface area contributed by atoms with Crippen LogP contribution in [0.2, 0.25) is 0 Å². The zero-order valence-electron chi connectivity index (χ0n) is 9.29. The molecule has 0 unspecified atom stereocenters. The van der Waals surface area contributed by atoms with E-state index in [1.165, 1.54) is 5.56 Å². The highest BCUT2D eigenvalue weighted by Crippen LogP contribution is 1.99. The van der Waals surface area contributed by atoms with Gasteiger partial charge in [-0.2, -0.15) is 0 Å². The molecule has 0 bridgehead atoms. The predicted molar refractivity (Wildman–Crippen MR) is 62.3 cm³/mol. The van der Waals surface area contributed by atoms with Gasteiger partial charge >= 0.3 is 0 Å². The zero-order chi connectivity index (χ0) is 11.1. The van der Waals surface area contributed by atoms with E-state index in [0.717, 1.165) is 12.2 Å². The average Bonchev–Trinajstić information content (AvgIpc) is 2.27. The van der Waals surface area contributed by atoms with Crippen LogP contribution in [0.1, 0.15) is 25.8 Å². The molecule has 0 radical (unpaired) electrons. The molecule has 1 N–H and O–H groups in total. The molecule has 1 rings (SSSR count). The number of allylic oxidation sites excluding steroid dienone is 2. The minimum absolute atomic E-state index is 0.160. The van der Waals surface area contributed by atoms with E-state index in [2.05, 4.69) is 17.4 Å². The van der Waals surface area contributed by atoms with Crippen LogP contribution in [-0.4, -0.2) is 5.78 Å². The molecule has 2 heteroatoms. The van der Waals surface area contributed by atoms with Crippen molar-refractivity contribution < 1.29 is 4.79 Å². The van der Waals surface area contributed by atoms with Crippen LogP contribution in [0.25, 0.3) is 0 Å². The first-order valence-electron chi connectivity index (χ1n) is 5.21. The van der Waals surface area contributed by atoms with Crippen LogP contribution in [-0.2, 0) is 11.3 Å². The van der Waals surface area contributed by atoms with Crippen LogP contribution >= 0.6 is 0 Å². The molecule has 0 saturated heterocycles. The first-order chi connectivity index (χ1) is 7.22. The molecule has 15 heavy (non-hydrogen) atoms. The molecule has 0 aliphatic heterocycles. The highest BCUT2D eigenvalue weighted by atomic mass is 16.1.